The normalized spacial score (nSPS) is 22.6. The monoisotopic (exact) mass is 355 g/mol. The van der Waals surface area contributed by atoms with E-state index in [0.717, 1.165) is 29.8 Å². The number of hydrogen-bond acceptors (Lipinski definition) is 3. The molecule has 0 aromatic heterocycles. The lowest BCUT2D eigenvalue weighted by Gasteiger charge is -2.33. The summed E-state index contributed by atoms with van der Waals surface area (Å²) in [6.45, 7) is 0. The first-order chi connectivity index (χ1) is 12.1. The van der Waals surface area contributed by atoms with Crippen LogP contribution in [-0.2, 0) is 0 Å². The van der Waals surface area contributed by atoms with Crippen molar-refractivity contribution in [3.05, 3.63) is 59.1 Å². The molecule has 0 radical (unpaired) electrons. The van der Waals surface area contributed by atoms with Crippen LogP contribution in [0.5, 0.6) is 5.75 Å². The maximum absolute atomic E-state index is 10.7. The molecule has 0 unspecified atom stereocenters. The molecule has 0 atom stereocenters. The highest BCUT2D eigenvalue weighted by Gasteiger charge is 2.31. The molecule has 4 heteroatoms. The van der Waals surface area contributed by atoms with E-state index in [0.29, 0.717) is 23.9 Å². The molecule has 0 saturated heterocycles. The Morgan fingerprint density at radius 3 is 2.64 bits per heavy atom. The minimum Gasteiger partial charge on any atom is -0.497 e. The van der Waals surface area contributed by atoms with Gasteiger partial charge in [-0.25, -0.2) is 0 Å². The first-order valence-electron chi connectivity index (χ1n) is 8.48. The number of benzene rings is 2. The van der Waals surface area contributed by atoms with Crippen LogP contribution in [-0.4, -0.2) is 23.9 Å². The molecule has 0 amide bonds. The zero-order chi connectivity index (χ0) is 17.7. The van der Waals surface area contributed by atoms with E-state index in [1.165, 1.54) is 0 Å². The molecule has 130 valence electrons. The Balaban J connectivity index is 1.59. The average Bonchev–Trinajstić information content (AvgIpc) is 2.63. The summed E-state index contributed by atoms with van der Waals surface area (Å²) >= 11 is 5.97. The molecule has 2 aromatic rings. The molecule has 1 aliphatic carbocycles. The summed E-state index contributed by atoms with van der Waals surface area (Å²) in [6, 6.07) is 15.6. The summed E-state index contributed by atoms with van der Waals surface area (Å²) < 4.78 is 5.25. The summed E-state index contributed by atoms with van der Waals surface area (Å²) in [5.41, 5.74) is 0.951. The maximum atomic E-state index is 10.7. The number of anilines is 1. The van der Waals surface area contributed by atoms with Crippen molar-refractivity contribution in [3.63, 3.8) is 0 Å². The molecule has 3 nitrogen and oxygen atoms in total. The summed E-state index contributed by atoms with van der Waals surface area (Å²) in [4.78, 5) is 0. The van der Waals surface area contributed by atoms with Gasteiger partial charge in [0.25, 0.3) is 0 Å². The third-order valence-corrected chi connectivity index (χ3v) is 4.75. The van der Waals surface area contributed by atoms with Gasteiger partial charge in [0.05, 0.1) is 7.11 Å². The maximum Gasteiger partial charge on any atom is 0.126 e. The lowest BCUT2D eigenvalue weighted by Crippen LogP contribution is -2.37. The molecule has 0 spiro atoms. The summed E-state index contributed by atoms with van der Waals surface area (Å²) in [6.07, 6.45) is 3.06. The number of nitrogens with one attached hydrogen (secondary N) is 1. The zero-order valence-electron chi connectivity index (χ0n) is 14.3. The van der Waals surface area contributed by atoms with E-state index < -0.39 is 5.60 Å². The molecule has 2 N–H and O–H groups in total. The van der Waals surface area contributed by atoms with Gasteiger partial charge in [0.15, 0.2) is 0 Å². The van der Waals surface area contributed by atoms with Gasteiger partial charge in [-0.1, -0.05) is 35.6 Å². The average molecular weight is 356 g/mol. The number of aliphatic hydroxyl groups is 1. The van der Waals surface area contributed by atoms with Crippen molar-refractivity contribution in [1.82, 2.24) is 0 Å². The molecule has 0 heterocycles. The van der Waals surface area contributed by atoms with Gasteiger partial charge in [0, 0.05) is 28.4 Å². The highest BCUT2D eigenvalue weighted by molar-refractivity contribution is 6.30. The van der Waals surface area contributed by atoms with Crippen LogP contribution in [0.4, 0.5) is 5.69 Å². The van der Waals surface area contributed by atoms with Crippen molar-refractivity contribution >= 4 is 17.3 Å². The van der Waals surface area contributed by atoms with Crippen molar-refractivity contribution in [2.75, 3.05) is 12.4 Å². The van der Waals surface area contributed by atoms with Crippen molar-refractivity contribution in [2.45, 2.75) is 37.3 Å². The van der Waals surface area contributed by atoms with Crippen molar-refractivity contribution in [3.8, 4) is 17.6 Å². The number of methoxy groups -OCH3 is 1. The molecule has 25 heavy (non-hydrogen) atoms. The number of rotatable bonds is 3. The predicted octanol–water partition coefficient (Wildman–Crippen LogP) is 4.49. The fraction of sp³-hybridized carbons (Fsp3) is 0.333. The van der Waals surface area contributed by atoms with E-state index in [-0.39, 0.29) is 0 Å². The molecule has 0 aliphatic heterocycles. The third kappa shape index (κ3) is 4.92. The molecular weight excluding hydrogens is 334 g/mol. The molecule has 0 bridgehead atoms. The second-order valence-electron chi connectivity index (χ2n) is 6.44. The Morgan fingerprint density at radius 1 is 1.16 bits per heavy atom. The van der Waals surface area contributed by atoms with E-state index >= 15 is 0 Å². The van der Waals surface area contributed by atoms with E-state index in [9.17, 15) is 5.11 Å². The number of hydrogen-bond donors (Lipinski definition) is 2. The Hall–Kier alpha value is -2.15. The fourth-order valence-electron chi connectivity index (χ4n) is 3.07. The van der Waals surface area contributed by atoms with Gasteiger partial charge >= 0.3 is 0 Å². The standard InChI is InChI=1S/C21H22ClNO2/c1-25-20-7-3-6-19(15-20)23-18-9-12-21(24,13-10-18)11-8-16-4-2-5-17(22)14-16/h2-7,14-15,18,23-24H,9-10,12-13H2,1H3. The van der Waals surface area contributed by atoms with Crippen molar-refractivity contribution in [1.29, 1.82) is 0 Å². The minimum atomic E-state index is -0.922. The van der Waals surface area contributed by atoms with Gasteiger partial charge in [-0.3, -0.25) is 0 Å². The van der Waals surface area contributed by atoms with E-state index in [2.05, 4.69) is 17.2 Å². The fourth-order valence-corrected chi connectivity index (χ4v) is 3.26. The second-order valence-corrected chi connectivity index (χ2v) is 6.88. The van der Waals surface area contributed by atoms with E-state index in [1.54, 1.807) is 7.11 Å². The second kappa shape index (κ2) is 7.82. The van der Waals surface area contributed by atoms with Crippen LogP contribution < -0.4 is 10.1 Å². The molecule has 2 aromatic carbocycles. The summed E-state index contributed by atoms with van der Waals surface area (Å²) in [5.74, 6) is 6.93. The van der Waals surface area contributed by atoms with Crippen LogP contribution in [0.15, 0.2) is 48.5 Å². The lowest BCUT2D eigenvalue weighted by atomic mass is 9.82. The van der Waals surface area contributed by atoms with Gasteiger partial charge < -0.3 is 15.2 Å². The highest BCUT2D eigenvalue weighted by atomic mass is 35.5. The molecule has 3 rings (SSSR count). The first kappa shape index (κ1) is 17.7. The van der Waals surface area contributed by atoms with Crippen LogP contribution in [0.3, 0.4) is 0 Å². The molecular formula is C21H22ClNO2. The van der Waals surface area contributed by atoms with Gasteiger partial charge in [-0.2, -0.15) is 0 Å². The quantitative estimate of drug-likeness (QED) is 0.797. The van der Waals surface area contributed by atoms with Crippen LogP contribution >= 0.6 is 11.6 Å². The Kier molecular flexibility index (Phi) is 5.53. The number of halogens is 1. The highest BCUT2D eigenvalue weighted by Crippen LogP contribution is 2.30. The van der Waals surface area contributed by atoms with Crippen LogP contribution in [0.1, 0.15) is 31.2 Å². The Morgan fingerprint density at radius 2 is 1.92 bits per heavy atom. The largest absolute Gasteiger partial charge is 0.497 e. The van der Waals surface area contributed by atoms with Gasteiger partial charge in [-0.05, 0) is 56.0 Å². The Labute approximate surface area is 154 Å². The SMILES string of the molecule is COc1cccc(NC2CCC(O)(C#Cc3cccc(Cl)c3)CC2)c1. The molecule has 1 fully saturated rings. The van der Waals surface area contributed by atoms with Crippen LogP contribution in [0.2, 0.25) is 5.02 Å². The first-order valence-corrected chi connectivity index (χ1v) is 8.86. The third-order valence-electron chi connectivity index (χ3n) is 4.52. The van der Waals surface area contributed by atoms with Gasteiger partial charge in [-0.15, -0.1) is 0 Å². The smallest absolute Gasteiger partial charge is 0.126 e. The van der Waals surface area contributed by atoms with Crippen LogP contribution in [0.25, 0.3) is 0 Å². The van der Waals surface area contributed by atoms with E-state index in [4.69, 9.17) is 16.3 Å². The van der Waals surface area contributed by atoms with Gasteiger partial charge in [0.1, 0.15) is 11.4 Å². The van der Waals surface area contributed by atoms with Gasteiger partial charge in [0.2, 0.25) is 0 Å². The summed E-state index contributed by atoms with van der Waals surface area (Å²) in [5, 5.41) is 14.9. The summed E-state index contributed by atoms with van der Waals surface area (Å²) in [7, 11) is 1.67. The Bertz CT molecular complexity index is 786. The lowest BCUT2D eigenvalue weighted by molar-refractivity contribution is 0.0576. The van der Waals surface area contributed by atoms with Crippen molar-refractivity contribution < 1.29 is 9.84 Å². The molecule has 1 saturated carbocycles. The molecule has 1 aliphatic rings. The minimum absolute atomic E-state index is 0.334. The topological polar surface area (TPSA) is 41.5 Å². The zero-order valence-corrected chi connectivity index (χ0v) is 15.0. The van der Waals surface area contributed by atoms with Crippen LogP contribution in [0, 0.1) is 11.8 Å². The number of ether oxygens (including phenoxy) is 1. The van der Waals surface area contributed by atoms with Crippen molar-refractivity contribution in [2.24, 2.45) is 0 Å². The predicted molar refractivity (Wildman–Crippen MR) is 102 cm³/mol. The van der Waals surface area contributed by atoms with E-state index in [1.807, 2.05) is 48.5 Å².